The normalized spacial score (nSPS) is 24.6. The van der Waals surface area contributed by atoms with Crippen LogP contribution in [0.5, 0.6) is 0 Å². The molecule has 0 spiro atoms. The Morgan fingerprint density at radius 1 is 1.32 bits per heavy atom. The summed E-state index contributed by atoms with van der Waals surface area (Å²) in [4.78, 5) is 23.6. The summed E-state index contributed by atoms with van der Waals surface area (Å²) in [7, 11) is 0. The predicted molar refractivity (Wildman–Crippen MR) is 102 cm³/mol. The Hall–Kier alpha value is -2.97. The first-order valence-corrected chi connectivity index (χ1v) is 9.67. The number of hydrogen-bond acceptors (Lipinski definition) is 7. The van der Waals surface area contributed by atoms with Crippen LogP contribution in [0, 0.1) is 22.7 Å². The maximum Gasteiger partial charge on any atom is 0.237 e. The highest BCUT2D eigenvalue weighted by atomic mass is 16.6. The minimum Gasteiger partial charge on any atom is -0.392 e. The lowest BCUT2D eigenvalue weighted by atomic mass is 9.93. The molecule has 2 aliphatic rings. The summed E-state index contributed by atoms with van der Waals surface area (Å²) in [6.45, 7) is 0.975. The standard InChI is InChI=1S/C20H24N6O2/c21-10-15-3-4-17(23-12-15)13-25-28-19-7-5-16(6-8-19)24-14-20(27)26-9-1-2-18(26)11-22/h3-4,12-13,16,18-19,24H,1-2,5-9,14H2/t16?,18-,19?/m0/s1. The van der Waals surface area contributed by atoms with E-state index in [2.05, 4.69) is 21.5 Å². The van der Waals surface area contributed by atoms with Gasteiger partial charge in [0.05, 0.1) is 30.1 Å². The van der Waals surface area contributed by atoms with Crippen LogP contribution in [0.2, 0.25) is 0 Å². The lowest BCUT2D eigenvalue weighted by molar-refractivity contribution is -0.130. The van der Waals surface area contributed by atoms with Crippen LogP contribution in [0.15, 0.2) is 23.5 Å². The summed E-state index contributed by atoms with van der Waals surface area (Å²) in [6, 6.07) is 7.66. The molecule has 0 radical (unpaired) electrons. The van der Waals surface area contributed by atoms with Gasteiger partial charge >= 0.3 is 0 Å². The third kappa shape index (κ3) is 5.28. The molecule has 8 nitrogen and oxygen atoms in total. The van der Waals surface area contributed by atoms with Crippen LogP contribution in [0.3, 0.4) is 0 Å². The molecule has 1 aliphatic carbocycles. The molecule has 1 saturated heterocycles. The second-order valence-corrected chi connectivity index (χ2v) is 7.15. The predicted octanol–water partition coefficient (Wildman–Crippen LogP) is 1.72. The second kappa shape index (κ2) is 9.82. The molecule has 2 fully saturated rings. The van der Waals surface area contributed by atoms with Crippen molar-refractivity contribution in [2.45, 2.75) is 56.7 Å². The molecule has 146 valence electrons. The second-order valence-electron chi connectivity index (χ2n) is 7.15. The number of nitrogens with zero attached hydrogens (tertiary/aromatic N) is 5. The quantitative estimate of drug-likeness (QED) is 0.594. The molecule has 0 aromatic carbocycles. The van der Waals surface area contributed by atoms with Gasteiger partial charge in [-0.2, -0.15) is 10.5 Å². The average molecular weight is 380 g/mol. The van der Waals surface area contributed by atoms with Gasteiger partial charge in [0.1, 0.15) is 18.2 Å². The first kappa shape index (κ1) is 19.8. The zero-order chi connectivity index (χ0) is 19.8. The maximum absolute atomic E-state index is 12.3. The van der Waals surface area contributed by atoms with Crippen molar-refractivity contribution in [3.8, 4) is 12.1 Å². The van der Waals surface area contributed by atoms with E-state index in [-0.39, 0.29) is 30.6 Å². The van der Waals surface area contributed by atoms with Crippen LogP contribution >= 0.6 is 0 Å². The van der Waals surface area contributed by atoms with Crippen molar-refractivity contribution in [3.63, 3.8) is 0 Å². The van der Waals surface area contributed by atoms with E-state index in [0.717, 1.165) is 38.5 Å². The smallest absolute Gasteiger partial charge is 0.237 e. The molecule has 2 heterocycles. The van der Waals surface area contributed by atoms with Crippen molar-refractivity contribution in [2.24, 2.45) is 5.16 Å². The summed E-state index contributed by atoms with van der Waals surface area (Å²) in [5.41, 5.74) is 1.15. The van der Waals surface area contributed by atoms with E-state index in [9.17, 15) is 4.79 Å². The maximum atomic E-state index is 12.3. The minimum absolute atomic E-state index is 0.0157. The zero-order valence-corrected chi connectivity index (χ0v) is 15.8. The molecule has 8 heteroatoms. The van der Waals surface area contributed by atoms with Crippen molar-refractivity contribution in [1.82, 2.24) is 15.2 Å². The van der Waals surface area contributed by atoms with Crippen LogP contribution in [0.4, 0.5) is 0 Å². The first-order valence-electron chi connectivity index (χ1n) is 9.67. The number of nitrogens with one attached hydrogen (secondary N) is 1. The molecule has 1 amide bonds. The fourth-order valence-electron chi connectivity index (χ4n) is 3.62. The molecule has 1 atom stereocenters. The largest absolute Gasteiger partial charge is 0.392 e. The minimum atomic E-state index is -0.262. The lowest BCUT2D eigenvalue weighted by Gasteiger charge is -2.28. The van der Waals surface area contributed by atoms with Gasteiger partial charge in [-0.3, -0.25) is 9.78 Å². The summed E-state index contributed by atoms with van der Waals surface area (Å²) in [5.74, 6) is 0.0157. The monoisotopic (exact) mass is 380 g/mol. The number of carbonyl (C=O) groups is 1. The first-order chi connectivity index (χ1) is 13.7. The van der Waals surface area contributed by atoms with Gasteiger partial charge in [-0.1, -0.05) is 5.16 Å². The number of carbonyl (C=O) groups excluding carboxylic acids is 1. The van der Waals surface area contributed by atoms with E-state index < -0.39 is 0 Å². The van der Waals surface area contributed by atoms with Crippen LogP contribution in [-0.2, 0) is 9.63 Å². The van der Waals surface area contributed by atoms with Gasteiger partial charge in [0.2, 0.25) is 5.91 Å². The Kier molecular flexibility index (Phi) is 6.94. The number of amides is 1. The van der Waals surface area contributed by atoms with E-state index >= 15 is 0 Å². The highest BCUT2D eigenvalue weighted by Crippen LogP contribution is 2.22. The fourth-order valence-corrected chi connectivity index (χ4v) is 3.62. The number of oxime groups is 1. The molecule has 28 heavy (non-hydrogen) atoms. The fraction of sp³-hybridized carbons (Fsp3) is 0.550. The Morgan fingerprint density at radius 3 is 2.82 bits per heavy atom. The Labute approximate surface area is 164 Å². The van der Waals surface area contributed by atoms with Gasteiger partial charge in [0.25, 0.3) is 0 Å². The molecule has 0 unspecified atom stereocenters. The number of likely N-dealkylation sites (tertiary alicyclic amines) is 1. The van der Waals surface area contributed by atoms with Crippen LogP contribution < -0.4 is 5.32 Å². The molecule has 1 saturated carbocycles. The topological polar surface area (TPSA) is 114 Å². The van der Waals surface area contributed by atoms with E-state index in [1.54, 1.807) is 23.2 Å². The highest BCUT2D eigenvalue weighted by molar-refractivity contribution is 5.79. The Balaban J connectivity index is 1.35. The van der Waals surface area contributed by atoms with Crippen molar-refractivity contribution in [2.75, 3.05) is 13.1 Å². The average Bonchev–Trinajstić information content (AvgIpc) is 3.22. The SMILES string of the molecule is N#Cc1ccc(C=NOC2CCC(NCC(=O)N3CCC[C@H]3C#N)CC2)nc1. The third-order valence-electron chi connectivity index (χ3n) is 5.25. The molecule has 3 rings (SSSR count). The van der Waals surface area contributed by atoms with Gasteiger partial charge in [-0.15, -0.1) is 0 Å². The summed E-state index contributed by atoms with van der Waals surface area (Å²) in [5, 5.41) is 25.2. The molecule has 1 aromatic heterocycles. The van der Waals surface area contributed by atoms with Crippen molar-refractivity contribution in [1.29, 1.82) is 10.5 Å². The van der Waals surface area contributed by atoms with Crippen molar-refractivity contribution in [3.05, 3.63) is 29.6 Å². The molecule has 1 aromatic rings. The number of rotatable bonds is 6. The van der Waals surface area contributed by atoms with Gasteiger partial charge in [-0.05, 0) is 50.7 Å². The molecule has 0 bridgehead atoms. The number of pyridine rings is 1. The summed E-state index contributed by atoms with van der Waals surface area (Å²) in [6.07, 6.45) is 8.38. The van der Waals surface area contributed by atoms with Crippen LogP contribution in [0.25, 0.3) is 0 Å². The van der Waals surface area contributed by atoms with Gasteiger partial charge < -0.3 is 15.1 Å². The summed E-state index contributed by atoms with van der Waals surface area (Å²) < 4.78 is 0. The van der Waals surface area contributed by atoms with Gasteiger partial charge in [0.15, 0.2) is 0 Å². The van der Waals surface area contributed by atoms with Crippen molar-refractivity contribution >= 4 is 12.1 Å². The van der Waals surface area contributed by atoms with Crippen LogP contribution in [0.1, 0.15) is 49.8 Å². The third-order valence-corrected chi connectivity index (χ3v) is 5.25. The Morgan fingerprint density at radius 2 is 2.14 bits per heavy atom. The highest BCUT2D eigenvalue weighted by Gasteiger charge is 2.29. The molecule has 1 aliphatic heterocycles. The van der Waals surface area contributed by atoms with Crippen LogP contribution in [-0.4, -0.2) is 53.3 Å². The van der Waals surface area contributed by atoms with E-state index in [4.69, 9.17) is 15.4 Å². The molecular formula is C20H24N6O2. The molecule has 1 N–H and O–H groups in total. The van der Waals surface area contributed by atoms with E-state index in [0.29, 0.717) is 17.8 Å². The van der Waals surface area contributed by atoms with Crippen molar-refractivity contribution < 1.29 is 9.63 Å². The van der Waals surface area contributed by atoms with E-state index in [1.807, 2.05) is 6.07 Å². The number of nitriles is 2. The van der Waals surface area contributed by atoms with Gasteiger partial charge in [0, 0.05) is 18.8 Å². The number of aromatic nitrogens is 1. The number of hydrogen-bond donors (Lipinski definition) is 1. The van der Waals surface area contributed by atoms with Gasteiger partial charge in [-0.25, -0.2) is 0 Å². The summed E-state index contributed by atoms with van der Waals surface area (Å²) >= 11 is 0. The lowest BCUT2D eigenvalue weighted by Crippen LogP contribution is -2.44. The zero-order valence-electron chi connectivity index (χ0n) is 15.8. The Bertz CT molecular complexity index is 771. The molecular weight excluding hydrogens is 356 g/mol. The van der Waals surface area contributed by atoms with E-state index in [1.165, 1.54) is 6.20 Å².